The van der Waals surface area contributed by atoms with Crippen molar-refractivity contribution >= 4 is 17.0 Å². The van der Waals surface area contributed by atoms with E-state index >= 15 is 0 Å². The number of benzene rings is 1. The molecule has 126 valence electrons. The molecule has 0 amide bonds. The normalized spacial score (nSPS) is 11.3. The van der Waals surface area contributed by atoms with Crippen LogP contribution in [0.3, 0.4) is 0 Å². The van der Waals surface area contributed by atoms with Crippen molar-refractivity contribution < 1.29 is 8.78 Å². The van der Waals surface area contributed by atoms with Crippen LogP contribution in [-0.2, 0) is 13.0 Å². The zero-order valence-corrected chi connectivity index (χ0v) is 14.8. The lowest BCUT2D eigenvalue weighted by molar-refractivity contribution is 0.506. The topological polar surface area (TPSA) is 28.2 Å². The minimum atomic E-state index is -0.818. The third-order valence-corrected chi connectivity index (χ3v) is 4.73. The molecule has 0 spiro atoms. The zero-order chi connectivity index (χ0) is 17.0. The van der Waals surface area contributed by atoms with E-state index in [9.17, 15) is 8.78 Å². The lowest BCUT2D eigenvalue weighted by Gasteiger charge is -2.19. The number of hydrogen-bond acceptors (Lipinski definition) is 4. The van der Waals surface area contributed by atoms with Crippen LogP contribution in [0.25, 0.3) is 0 Å². The standard InChI is InChI=1S/C17H23F2N3S/c1-11(2)17-21-13(10-23-17)7-8-20-9-12-5-6-14(18)15(19)16(12)22(3)4/h5-6,10-11,20H,7-9H2,1-4H3. The van der Waals surface area contributed by atoms with Crippen molar-refractivity contribution in [2.75, 3.05) is 25.5 Å². The van der Waals surface area contributed by atoms with Gasteiger partial charge in [-0.25, -0.2) is 13.8 Å². The fourth-order valence-electron chi connectivity index (χ4n) is 2.35. The van der Waals surface area contributed by atoms with Gasteiger partial charge in [0.1, 0.15) is 0 Å². The first-order valence-corrected chi connectivity index (χ1v) is 8.57. The van der Waals surface area contributed by atoms with E-state index in [2.05, 4.69) is 29.5 Å². The molecule has 23 heavy (non-hydrogen) atoms. The lowest BCUT2D eigenvalue weighted by atomic mass is 10.1. The Morgan fingerprint density at radius 2 is 2.00 bits per heavy atom. The van der Waals surface area contributed by atoms with E-state index in [1.807, 2.05) is 0 Å². The molecular weight excluding hydrogens is 316 g/mol. The Kier molecular flexibility index (Phi) is 6.07. The quantitative estimate of drug-likeness (QED) is 0.775. The van der Waals surface area contributed by atoms with Gasteiger partial charge in [-0.2, -0.15) is 0 Å². The van der Waals surface area contributed by atoms with Crippen LogP contribution in [0.2, 0.25) is 0 Å². The van der Waals surface area contributed by atoms with Gasteiger partial charge in [0, 0.05) is 44.9 Å². The van der Waals surface area contributed by atoms with E-state index in [1.165, 1.54) is 6.07 Å². The highest BCUT2D eigenvalue weighted by Gasteiger charge is 2.15. The van der Waals surface area contributed by atoms with Crippen LogP contribution in [0.15, 0.2) is 17.5 Å². The van der Waals surface area contributed by atoms with E-state index in [1.54, 1.807) is 36.4 Å². The summed E-state index contributed by atoms with van der Waals surface area (Å²) in [5.41, 5.74) is 2.12. The maximum Gasteiger partial charge on any atom is 0.182 e. The summed E-state index contributed by atoms with van der Waals surface area (Å²) >= 11 is 1.69. The molecule has 1 aromatic heterocycles. The van der Waals surface area contributed by atoms with Crippen molar-refractivity contribution in [3.63, 3.8) is 0 Å². The molecule has 0 aliphatic heterocycles. The van der Waals surface area contributed by atoms with Gasteiger partial charge in [-0.1, -0.05) is 19.9 Å². The summed E-state index contributed by atoms with van der Waals surface area (Å²) in [6.07, 6.45) is 0.824. The first kappa shape index (κ1) is 17.8. The highest BCUT2D eigenvalue weighted by atomic mass is 32.1. The Labute approximate surface area is 140 Å². The van der Waals surface area contributed by atoms with E-state index in [4.69, 9.17) is 0 Å². The van der Waals surface area contributed by atoms with Gasteiger partial charge in [0.05, 0.1) is 16.4 Å². The van der Waals surface area contributed by atoms with Crippen LogP contribution in [0, 0.1) is 11.6 Å². The van der Waals surface area contributed by atoms with Gasteiger partial charge in [0.15, 0.2) is 11.6 Å². The van der Waals surface area contributed by atoms with E-state index in [0.29, 0.717) is 18.2 Å². The average Bonchev–Trinajstić information content (AvgIpc) is 2.96. The third kappa shape index (κ3) is 4.48. The maximum atomic E-state index is 13.9. The van der Waals surface area contributed by atoms with Crippen molar-refractivity contribution in [3.8, 4) is 0 Å². The van der Waals surface area contributed by atoms with Crippen LogP contribution >= 0.6 is 11.3 Å². The molecule has 0 atom stereocenters. The number of halogens is 2. The zero-order valence-electron chi connectivity index (χ0n) is 14.0. The molecule has 0 fully saturated rings. The molecule has 0 saturated heterocycles. The molecule has 1 aromatic carbocycles. The number of thiazole rings is 1. The Bertz CT molecular complexity index is 653. The molecule has 6 heteroatoms. The molecule has 3 nitrogen and oxygen atoms in total. The summed E-state index contributed by atoms with van der Waals surface area (Å²) < 4.78 is 27.3. The SMILES string of the molecule is CC(C)c1nc(CCNCc2ccc(F)c(F)c2N(C)C)cs1. The van der Waals surface area contributed by atoms with Gasteiger partial charge >= 0.3 is 0 Å². The average molecular weight is 339 g/mol. The van der Waals surface area contributed by atoms with Crippen LogP contribution in [0.4, 0.5) is 14.5 Å². The number of aromatic nitrogens is 1. The number of nitrogens with zero attached hydrogens (tertiary/aromatic N) is 2. The van der Waals surface area contributed by atoms with Gasteiger partial charge < -0.3 is 10.2 Å². The van der Waals surface area contributed by atoms with Crippen molar-refractivity contribution in [2.24, 2.45) is 0 Å². The smallest absolute Gasteiger partial charge is 0.182 e. The van der Waals surface area contributed by atoms with Crippen molar-refractivity contribution in [2.45, 2.75) is 32.7 Å². The fourth-order valence-corrected chi connectivity index (χ4v) is 3.22. The van der Waals surface area contributed by atoms with Gasteiger partial charge in [0.2, 0.25) is 0 Å². The van der Waals surface area contributed by atoms with Crippen molar-refractivity contribution in [1.29, 1.82) is 0 Å². The van der Waals surface area contributed by atoms with Crippen LogP contribution in [-0.4, -0.2) is 25.6 Å². The van der Waals surface area contributed by atoms with E-state index in [0.717, 1.165) is 29.2 Å². The minimum absolute atomic E-state index is 0.299. The molecular formula is C17H23F2N3S. The van der Waals surface area contributed by atoms with Crippen LogP contribution in [0.5, 0.6) is 0 Å². The summed E-state index contributed by atoms with van der Waals surface area (Å²) in [6, 6.07) is 2.80. The molecule has 0 unspecified atom stereocenters. The number of anilines is 1. The molecule has 0 bridgehead atoms. The second-order valence-electron chi connectivity index (χ2n) is 6.02. The molecule has 1 N–H and O–H groups in total. The summed E-state index contributed by atoms with van der Waals surface area (Å²) in [5, 5.41) is 6.51. The monoisotopic (exact) mass is 339 g/mol. The number of nitrogens with one attached hydrogen (secondary N) is 1. The summed E-state index contributed by atoms with van der Waals surface area (Å²) in [5.74, 6) is -1.16. The minimum Gasteiger partial charge on any atom is -0.375 e. The molecule has 0 aliphatic carbocycles. The molecule has 2 aromatic rings. The lowest BCUT2D eigenvalue weighted by Crippen LogP contribution is -2.21. The fraction of sp³-hybridized carbons (Fsp3) is 0.471. The Hall–Kier alpha value is -1.53. The van der Waals surface area contributed by atoms with Crippen molar-refractivity contribution in [1.82, 2.24) is 10.3 Å². The molecule has 2 rings (SSSR count). The molecule has 0 radical (unpaired) electrons. The van der Waals surface area contributed by atoms with Gasteiger partial charge in [-0.15, -0.1) is 11.3 Å². The predicted octanol–water partition coefficient (Wildman–Crippen LogP) is 3.94. The van der Waals surface area contributed by atoms with Crippen molar-refractivity contribution in [3.05, 3.63) is 45.4 Å². The highest BCUT2D eigenvalue weighted by molar-refractivity contribution is 7.09. The first-order chi connectivity index (χ1) is 10.9. The molecule has 1 heterocycles. The first-order valence-electron chi connectivity index (χ1n) is 7.69. The Morgan fingerprint density at radius 3 is 2.61 bits per heavy atom. The summed E-state index contributed by atoms with van der Waals surface area (Å²) in [4.78, 5) is 6.19. The predicted molar refractivity (Wildman–Crippen MR) is 92.3 cm³/mol. The summed E-state index contributed by atoms with van der Waals surface area (Å²) in [6.45, 7) is 5.50. The molecule has 0 saturated carbocycles. The largest absolute Gasteiger partial charge is 0.375 e. The van der Waals surface area contributed by atoms with Gasteiger partial charge in [0.25, 0.3) is 0 Å². The molecule has 0 aliphatic rings. The second kappa shape index (κ2) is 7.84. The van der Waals surface area contributed by atoms with E-state index < -0.39 is 11.6 Å². The maximum absolute atomic E-state index is 13.9. The van der Waals surface area contributed by atoms with Gasteiger partial charge in [-0.05, 0) is 11.6 Å². The Balaban J connectivity index is 1.92. The van der Waals surface area contributed by atoms with Gasteiger partial charge in [-0.3, -0.25) is 0 Å². The van der Waals surface area contributed by atoms with Crippen LogP contribution in [0.1, 0.15) is 36.0 Å². The summed E-state index contributed by atoms with van der Waals surface area (Å²) in [7, 11) is 3.42. The highest BCUT2D eigenvalue weighted by Crippen LogP contribution is 2.25. The second-order valence-corrected chi connectivity index (χ2v) is 6.91. The Morgan fingerprint density at radius 1 is 1.26 bits per heavy atom. The third-order valence-electron chi connectivity index (χ3n) is 3.54. The number of hydrogen-bond donors (Lipinski definition) is 1. The number of rotatable bonds is 7. The van der Waals surface area contributed by atoms with Crippen LogP contribution < -0.4 is 10.2 Å². The van der Waals surface area contributed by atoms with E-state index in [-0.39, 0.29) is 0 Å².